The Labute approximate surface area is 167 Å². The monoisotopic (exact) mass is 370 g/mol. The minimum atomic E-state index is 0.899. The second-order valence-corrected chi connectivity index (χ2v) is 7.45. The molecule has 2 aromatic carbocycles. The molecule has 0 atom stereocenters. The number of aliphatic imine (C=N–C) groups is 1. The predicted octanol–water partition coefficient (Wildman–Crippen LogP) is 4.96. The summed E-state index contributed by atoms with van der Waals surface area (Å²) >= 11 is 0. The van der Waals surface area contributed by atoms with Crippen molar-refractivity contribution in [3.05, 3.63) is 83.6 Å². The van der Waals surface area contributed by atoms with E-state index in [9.17, 15) is 0 Å². The van der Waals surface area contributed by atoms with Gasteiger partial charge in [-0.05, 0) is 51.7 Å². The third-order valence-electron chi connectivity index (χ3n) is 5.07. The summed E-state index contributed by atoms with van der Waals surface area (Å²) in [5.41, 5.74) is 6.55. The Balaban J connectivity index is 1.90. The van der Waals surface area contributed by atoms with Crippen LogP contribution in [0.25, 0.3) is 0 Å². The molecular formula is C24H26N4. The number of fused-ring (bicyclic) bond motifs is 2. The maximum Gasteiger partial charge on any atom is 0.159 e. The van der Waals surface area contributed by atoms with Crippen LogP contribution in [0.2, 0.25) is 0 Å². The molecule has 4 heteroatoms. The van der Waals surface area contributed by atoms with Crippen LogP contribution in [0.5, 0.6) is 0 Å². The Morgan fingerprint density at radius 2 is 1.68 bits per heavy atom. The summed E-state index contributed by atoms with van der Waals surface area (Å²) in [6.45, 7) is 4.04. The van der Waals surface area contributed by atoms with Gasteiger partial charge in [0.15, 0.2) is 5.82 Å². The van der Waals surface area contributed by atoms with Crippen LogP contribution < -0.4 is 4.90 Å². The summed E-state index contributed by atoms with van der Waals surface area (Å²) in [4.78, 5) is 14.5. The Bertz CT molecular complexity index is 992. The third-order valence-corrected chi connectivity index (χ3v) is 5.07. The Kier molecular flexibility index (Phi) is 5.22. The molecule has 0 spiro atoms. The minimum Gasteiger partial charge on any atom is -0.324 e. The largest absolute Gasteiger partial charge is 0.324 e. The van der Waals surface area contributed by atoms with Gasteiger partial charge in [-0.25, -0.2) is 9.98 Å². The van der Waals surface area contributed by atoms with E-state index in [-0.39, 0.29) is 0 Å². The average Bonchev–Trinajstić information content (AvgIpc) is 2.85. The number of anilines is 2. The lowest BCUT2D eigenvalue weighted by Gasteiger charge is -2.26. The number of hydrogen-bond donors (Lipinski definition) is 0. The lowest BCUT2D eigenvalue weighted by Crippen LogP contribution is -2.24. The van der Waals surface area contributed by atoms with Crippen molar-refractivity contribution in [3.63, 3.8) is 0 Å². The summed E-state index contributed by atoms with van der Waals surface area (Å²) in [6.07, 6.45) is 2.94. The molecule has 28 heavy (non-hydrogen) atoms. The molecule has 0 amide bonds. The van der Waals surface area contributed by atoms with Gasteiger partial charge in [-0.1, -0.05) is 48.5 Å². The van der Waals surface area contributed by atoms with E-state index in [1.165, 1.54) is 5.69 Å². The molecule has 0 N–H and O–H groups in total. The number of rotatable bonds is 5. The van der Waals surface area contributed by atoms with E-state index in [2.05, 4.69) is 79.3 Å². The highest BCUT2D eigenvalue weighted by atomic mass is 15.2. The van der Waals surface area contributed by atoms with Crippen molar-refractivity contribution in [2.24, 2.45) is 4.99 Å². The first-order valence-corrected chi connectivity index (χ1v) is 9.76. The SMILES string of the molecule is Cc1ccnc2c1N=C(c1ccccc1)c1ccccc1N2CCCN(C)C. The Morgan fingerprint density at radius 3 is 2.46 bits per heavy atom. The van der Waals surface area contributed by atoms with E-state index in [4.69, 9.17) is 9.98 Å². The topological polar surface area (TPSA) is 31.7 Å². The van der Waals surface area contributed by atoms with Crippen LogP contribution in [0.3, 0.4) is 0 Å². The normalized spacial score (nSPS) is 13.0. The molecule has 0 radical (unpaired) electrons. The molecule has 4 nitrogen and oxygen atoms in total. The van der Waals surface area contributed by atoms with Gasteiger partial charge < -0.3 is 9.80 Å². The van der Waals surface area contributed by atoms with Crippen molar-refractivity contribution in [3.8, 4) is 0 Å². The van der Waals surface area contributed by atoms with Crippen LogP contribution in [-0.2, 0) is 0 Å². The number of aromatic nitrogens is 1. The molecule has 0 aliphatic carbocycles. The zero-order valence-corrected chi connectivity index (χ0v) is 16.8. The van der Waals surface area contributed by atoms with Gasteiger partial charge in [0.2, 0.25) is 0 Å². The van der Waals surface area contributed by atoms with Crippen molar-refractivity contribution >= 4 is 22.9 Å². The van der Waals surface area contributed by atoms with Gasteiger partial charge in [-0.15, -0.1) is 0 Å². The summed E-state index contributed by atoms with van der Waals surface area (Å²) < 4.78 is 0. The van der Waals surface area contributed by atoms with Gasteiger partial charge in [0.1, 0.15) is 5.69 Å². The van der Waals surface area contributed by atoms with Gasteiger partial charge in [0, 0.05) is 23.9 Å². The molecule has 142 valence electrons. The first kappa shape index (κ1) is 18.4. The predicted molar refractivity (Wildman–Crippen MR) is 117 cm³/mol. The molecule has 1 aliphatic heterocycles. The first-order valence-electron chi connectivity index (χ1n) is 9.76. The molecule has 0 saturated heterocycles. The summed E-state index contributed by atoms with van der Waals surface area (Å²) in [7, 11) is 4.23. The van der Waals surface area contributed by atoms with Gasteiger partial charge in [-0.3, -0.25) is 0 Å². The van der Waals surface area contributed by atoms with E-state index in [1.54, 1.807) is 0 Å². The molecular weight excluding hydrogens is 344 g/mol. The van der Waals surface area contributed by atoms with Gasteiger partial charge in [0.05, 0.1) is 11.4 Å². The van der Waals surface area contributed by atoms with E-state index in [0.717, 1.165) is 53.4 Å². The van der Waals surface area contributed by atoms with Gasteiger partial charge >= 0.3 is 0 Å². The number of nitrogens with zero attached hydrogens (tertiary/aromatic N) is 4. The summed E-state index contributed by atoms with van der Waals surface area (Å²) in [5, 5.41) is 0. The number of para-hydroxylation sites is 1. The second-order valence-electron chi connectivity index (χ2n) is 7.45. The zero-order valence-electron chi connectivity index (χ0n) is 16.8. The van der Waals surface area contributed by atoms with E-state index in [1.807, 2.05) is 18.3 Å². The zero-order chi connectivity index (χ0) is 19.5. The van der Waals surface area contributed by atoms with Crippen LogP contribution in [-0.4, -0.2) is 42.8 Å². The third kappa shape index (κ3) is 3.56. The molecule has 1 aromatic heterocycles. The molecule has 0 bridgehead atoms. The molecule has 4 rings (SSSR count). The fourth-order valence-corrected chi connectivity index (χ4v) is 3.65. The molecule has 2 heterocycles. The smallest absolute Gasteiger partial charge is 0.159 e. The van der Waals surface area contributed by atoms with Gasteiger partial charge in [-0.2, -0.15) is 0 Å². The number of pyridine rings is 1. The van der Waals surface area contributed by atoms with E-state index in [0.29, 0.717) is 0 Å². The Morgan fingerprint density at radius 1 is 0.929 bits per heavy atom. The molecule has 3 aromatic rings. The second kappa shape index (κ2) is 7.95. The maximum absolute atomic E-state index is 5.15. The molecule has 0 unspecified atom stereocenters. The molecule has 1 aliphatic rings. The van der Waals surface area contributed by atoms with Crippen molar-refractivity contribution in [1.29, 1.82) is 0 Å². The lowest BCUT2D eigenvalue weighted by molar-refractivity contribution is 0.402. The van der Waals surface area contributed by atoms with Crippen molar-refractivity contribution in [1.82, 2.24) is 9.88 Å². The Hall–Kier alpha value is -2.98. The van der Waals surface area contributed by atoms with E-state index >= 15 is 0 Å². The minimum absolute atomic E-state index is 0.899. The van der Waals surface area contributed by atoms with Crippen LogP contribution in [0.1, 0.15) is 23.1 Å². The fourth-order valence-electron chi connectivity index (χ4n) is 3.65. The number of aryl methyl sites for hydroxylation is 1. The summed E-state index contributed by atoms with van der Waals surface area (Å²) in [5.74, 6) is 0.942. The average molecular weight is 371 g/mol. The van der Waals surface area contributed by atoms with E-state index < -0.39 is 0 Å². The maximum atomic E-state index is 5.15. The van der Waals surface area contributed by atoms with Crippen molar-refractivity contribution in [2.45, 2.75) is 13.3 Å². The van der Waals surface area contributed by atoms with Crippen LogP contribution in [0.15, 0.2) is 71.9 Å². The molecule has 0 fully saturated rings. The van der Waals surface area contributed by atoms with Crippen molar-refractivity contribution in [2.75, 3.05) is 32.1 Å². The number of hydrogen-bond acceptors (Lipinski definition) is 4. The molecule has 0 saturated carbocycles. The highest BCUT2D eigenvalue weighted by Gasteiger charge is 2.25. The highest BCUT2D eigenvalue weighted by molar-refractivity contribution is 6.18. The van der Waals surface area contributed by atoms with Crippen LogP contribution >= 0.6 is 0 Å². The first-order chi connectivity index (χ1) is 13.6. The fraction of sp³-hybridized carbons (Fsp3) is 0.250. The summed E-state index contributed by atoms with van der Waals surface area (Å²) in [6, 6.07) is 21.0. The highest BCUT2D eigenvalue weighted by Crippen LogP contribution is 2.40. The number of benzene rings is 2. The van der Waals surface area contributed by atoms with Crippen LogP contribution in [0, 0.1) is 6.92 Å². The quantitative estimate of drug-likeness (QED) is 0.636. The standard InChI is InChI=1S/C24H26N4/c1-18-14-15-25-24-22(18)26-23(19-10-5-4-6-11-19)20-12-7-8-13-21(20)28(24)17-9-16-27(2)3/h4-8,10-15H,9,16-17H2,1-3H3. The van der Waals surface area contributed by atoms with Gasteiger partial charge in [0.25, 0.3) is 0 Å². The van der Waals surface area contributed by atoms with Crippen LogP contribution in [0.4, 0.5) is 17.2 Å². The van der Waals surface area contributed by atoms with Crippen molar-refractivity contribution < 1.29 is 0 Å². The lowest BCUT2D eigenvalue weighted by atomic mass is 10.00.